The number of aromatic amines is 1. The molecule has 0 bridgehead atoms. The fraction of sp³-hybridized carbons (Fsp3) is 0.500. The highest BCUT2D eigenvalue weighted by Gasteiger charge is 1.78. The summed E-state index contributed by atoms with van der Waals surface area (Å²) in [6.07, 6.45) is 1.68. The minimum absolute atomic E-state index is 0.0457. The van der Waals surface area contributed by atoms with E-state index >= 15 is 0 Å². The van der Waals surface area contributed by atoms with Crippen LogP contribution in [0.4, 0.5) is 0 Å². The summed E-state index contributed by atoms with van der Waals surface area (Å²) in [5, 5.41) is 0. The van der Waals surface area contributed by atoms with E-state index in [-0.39, 0.29) is 5.56 Å². The van der Waals surface area contributed by atoms with Crippen LogP contribution in [0.25, 0.3) is 0 Å². The summed E-state index contributed by atoms with van der Waals surface area (Å²) in [6.45, 7) is 8.43. The normalized spacial score (nSPS) is 9.08. The first-order valence-electron chi connectivity index (χ1n) is 4.17. The maximum Gasteiger partial charge on any atom is 0.247 e. The summed E-state index contributed by atoms with van der Waals surface area (Å²) < 4.78 is 0. The Morgan fingerprint density at radius 1 is 1.25 bits per heavy atom. The van der Waals surface area contributed by atoms with Crippen LogP contribution in [-0.2, 0) is 0 Å². The lowest BCUT2D eigenvalue weighted by molar-refractivity contribution is 0.737. The van der Waals surface area contributed by atoms with Gasteiger partial charge in [-0.05, 0) is 18.4 Å². The van der Waals surface area contributed by atoms with E-state index in [0.717, 1.165) is 11.5 Å². The molecule has 0 radical (unpaired) electrons. The van der Waals surface area contributed by atoms with E-state index in [0.29, 0.717) is 0 Å². The number of rotatable bonds is 0. The average molecular weight is 167 g/mol. The van der Waals surface area contributed by atoms with Crippen molar-refractivity contribution in [2.75, 3.05) is 0 Å². The van der Waals surface area contributed by atoms with Gasteiger partial charge in [0.15, 0.2) is 0 Å². The molecule has 0 atom stereocenters. The third kappa shape index (κ3) is 7.06. The Morgan fingerprint density at radius 2 is 1.75 bits per heavy atom. The van der Waals surface area contributed by atoms with Crippen LogP contribution in [0.1, 0.15) is 26.3 Å². The van der Waals surface area contributed by atoms with Gasteiger partial charge in [-0.15, -0.1) is 0 Å². The molecule has 0 aliphatic rings. The van der Waals surface area contributed by atoms with Gasteiger partial charge < -0.3 is 4.98 Å². The first-order valence-corrected chi connectivity index (χ1v) is 4.17. The molecule has 2 heteroatoms. The summed E-state index contributed by atoms with van der Waals surface area (Å²) in [7, 11) is 0. The van der Waals surface area contributed by atoms with E-state index in [4.69, 9.17) is 0 Å². The predicted molar refractivity (Wildman–Crippen MR) is 52.3 cm³/mol. The summed E-state index contributed by atoms with van der Waals surface area (Å²) >= 11 is 0. The highest BCUT2D eigenvalue weighted by atomic mass is 16.1. The summed E-state index contributed by atoms with van der Waals surface area (Å²) in [6, 6.07) is 3.29. The van der Waals surface area contributed by atoms with Crippen molar-refractivity contribution >= 4 is 0 Å². The Labute approximate surface area is 73.6 Å². The lowest BCUT2D eigenvalue weighted by Gasteiger charge is -1.83. The topological polar surface area (TPSA) is 32.9 Å². The second kappa shape index (κ2) is 5.58. The van der Waals surface area contributed by atoms with Gasteiger partial charge in [-0.2, -0.15) is 0 Å². The van der Waals surface area contributed by atoms with E-state index in [2.05, 4.69) is 25.8 Å². The zero-order valence-electron chi connectivity index (χ0n) is 8.22. The third-order valence-corrected chi connectivity index (χ3v) is 0.940. The minimum atomic E-state index is -0.0457. The van der Waals surface area contributed by atoms with Gasteiger partial charge in [-0.3, -0.25) is 4.79 Å². The molecule has 2 nitrogen and oxygen atoms in total. The van der Waals surface area contributed by atoms with Crippen molar-refractivity contribution in [2.45, 2.75) is 27.7 Å². The second-order valence-electron chi connectivity index (χ2n) is 3.46. The fourth-order valence-corrected chi connectivity index (χ4v) is 0.488. The van der Waals surface area contributed by atoms with Crippen LogP contribution in [0.15, 0.2) is 23.1 Å². The summed E-state index contributed by atoms with van der Waals surface area (Å²) in [5.74, 6) is 0.833. The number of aryl methyl sites for hydroxylation is 1. The van der Waals surface area contributed by atoms with Crippen molar-refractivity contribution in [3.05, 3.63) is 34.2 Å². The Balaban J connectivity index is 0.000000261. The lowest BCUT2D eigenvalue weighted by atomic mass is 10.3. The first kappa shape index (κ1) is 11.0. The zero-order valence-corrected chi connectivity index (χ0v) is 8.22. The molecule has 1 heterocycles. The molecule has 1 aromatic rings. The van der Waals surface area contributed by atoms with Gasteiger partial charge in [-0.25, -0.2) is 0 Å². The van der Waals surface area contributed by atoms with Crippen LogP contribution in [0.2, 0.25) is 0 Å². The van der Waals surface area contributed by atoms with Gasteiger partial charge in [0.05, 0.1) is 0 Å². The molecule has 0 spiro atoms. The van der Waals surface area contributed by atoms with Crippen LogP contribution in [0.5, 0.6) is 0 Å². The first-order chi connectivity index (χ1) is 5.52. The second-order valence-corrected chi connectivity index (χ2v) is 3.46. The van der Waals surface area contributed by atoms with Crippen molar-refractivity contribution in [1.82, 2.24) is 4.98 Å². The number of hydrogen-bond acceptors (Lipinski definition) is 1. The number of pyridine rings is 1. The molecule has 0 saturated heterocycles. The zero-order chi connectivity index (χ0) is 9.56. The maximum atomic E-state index is 10.4. The van der Waals surface area contributed by atoms with E-state index < -0.39 is 0 Å². The number of H-pyrrole nitrogens is 1. The van der Waals surface area contributed by atoms with Gasteiger partial charge in [0, 0.05) is 12.3 Å². The average Bonchev–Trinajstić information content (AvgIpc) is 1.94. The molecule has 0 fully saturated rings. The van der Waals surface area contributed by atoms with E-state index in [1.165, 1.54) is 6.07 Å². The van der Waals surface area contributed by atoms with Crippen molar-refractivity contribution < 1.29 is 0 Å². The molecule has 0 aromatic carbocycles. The smallest absolute Gasteiger partial charge is 0.247 e. The van der Waals surface area contributed by atoms with Crippen LogP contribution in [0, 0.1) is 12.8 Å². The summed E-state index contributed by atoms with van der Waals surface area (Å²) in [5.41, 5.74) is 1.03. The lowest BCUT2D eigenvalue weighted by Crippen LogP contribution is -2.00. The van der Waals surface area contributed by atoms with Gasteiger partial charge >= 0.3 is 0 Å². The Hall–Kier alpha value is -1.05. The van der Waals surface area contributed by atoms with Crippen molar-refractivity contribution in [3.8, 4) is 0 Å². The van der Waals surface area contributed by atoms with Crippen molar-refractivity contribution in [2.24, 2.45) is 5.92 Å². The Bertz CT molecular complexity index is 240. The Kier molecular flexibility index (Phi) is 5.09. The molecule has 1 rings (SSSR count). The van der Waals surface area contributed by atoms with Gasteiger partial charge in [-0.1, -0.05) is 26.8 Å². The van der Waals surface area contributed by atoms with Crippen molar-refractivity contribution in [3.63, 3.8) is 0 Å². The maximum absolute atomic E-state index is 10.4. The molecular formula is C10H17NO. The van der Waals surface area contributed by atoms with Gasteiger partial charge in [0.2, 0.25) is 5.56 Å². The highest BCUT2D eigenvalue weighted by Crippen LogP contribution is 1.84. The molecule has 0 unspecified atom stereocenters. The summed E-state index contributed by atoms with van der Waals surface area (Å²) in [4.78, 5) is 12.9. The molecule has 0 aliphatic carbocycles. The highest BCUT2D eigenvalue weighted by molar-refractivity contribution is 5.04. The Morgan fingerprint density at radius 3 is 2.00 bits per heavy atom. The standard InChI is InChI=1S/C6H7NO.C4H10/c1-5-2-3-6(8)7-4-5;1-4(2)3/h2-4H,1H3,(H,7,8);4H,1-3H3. The van der Waals surface area contributed by atoms with Crippen LogP contribution < -0.4 is 5.56 Å². The predicted octanol–water partition coefficient (Wildman–Crippen LogP) is 2.35. The number of aromatic nitrogens is 1. The van der Waals surface area contributed by atoms with E-state index in [1.807, 2.05) is 6.92 Å². The molecule has 0 amide bonds. The van der Waals surface area contributed by atoms with Gasteiger partial charge in [0.1, 0.15) is 0 Å². The van der Waals surface area contributed by atoms with E-state index in [1.54, 1.807) is 12.3 Å². The third-order valence-electron chi connectivity index (χ3n) is 0.940. The molecule has 12 heavy (non-hydrogen) atoms. The van der Waals surface area contributed by atoms with Gasteiger partial charge in [0.25, 0.3) is 0 Å². The molecule has 0 aliphatic heterocycles. The number of hydrogen-bond donors (Lipinski definition) is 1. The molecular weight excluding hydrogens is 150 g/mol. The quantitative estimate of drug-likeness (QED) is 0.632. The monoisotopic (exact) mass is 167 g/mol. The largest absolute Gasteiger partial charge is 0.329 e. The molecule has 0 saturated carbocycles. The fourth-order valence-electron chi connectivity index (χ4n) is 0.488. The van der Waals surface area contributed by atoms with Crippen molar-refractivity contribution in [1.29, 1.82) is 0 Å². The van der Waals surface area contributed by atoms with Crippen LogP contribution in [-0.4, -0.2) is 4.98 Å². The minimum Gasteiger partial charge on any atom is -0.329 e. The number of nitrogens with one attached hydrogen (secondary N) is 1. The SMILES string of the molecule is CC(C)C.Cc1ccc(=O)[nH]c1. The molecule has 1 N–H and O–H groups in total. The molecule has 1 aromatic heterocycles. The molecule has 68 valence electrons. The van der Waals surface area contributed by atoms with Crippen LogP contribution in [0.3, 0.4) is 0 Å². The van der Waals surface area contributed by atoms with E-state index in [9.17, 15) is 4.79 Å². The van der Waals surface area contributed by atoms with Crippen LogP contribution >= 0.6 is 0 Å².